The van der Waals surface area contributed by atoms with E-state index in [0.717, 1.165) is 48.5 Å². The first kappa shape index (κ1) is 165. The van der Waals surface area contributed by atoms with E-state index in [1.807, 2.05) is 0 Å². The zero-order valence-corrected chi connectivity index (χ0v) is 113. The van der Waals surface area contributed by atoms with Gasteiger partial charge in [0.15, 0.2) is 24.8 Å². The van der Waals surface area contributed by atoms with Gasteiger partial charge in [-0.2, -0.15) is 0 Å². The predicted octanol–water partition coefficient (Wildman–Crippen LogP) is -54.3. The molecule has 66 nitrogen and oxygen atoms in total. The number of hydrogen-bond acceptors (Lipinski definition) is 66. The summed E-state index contributed by atoms with van der Waals surface area (Å²) in [6, 6.07) is 7.50. The molecule has 0 aliphatic carbocycles. The third-order valence-electron chi connectivity index (χ3n) is 14.3. The van der Waals surface area contributed by atoms with Crippen LogP contribution in [0.25, 0.3) is 0 Å². The maximum atomic E-state index is 13.1. The van der Waals surface area contributed by atoms with Gasteiger partial charge in [0, 0.05) is 34.0 Å². The number of rotatable bonds is 46. The van der Waals surface area contributed by atoms with Crippen molar-refractivity contribution >= 4 is 192 Å². The van der Waals surface area contributed by atoms with Gasteiger partial charge in [-0.05, 0) is 55.0 Å². The van der Waals surface area contributed by atoms with Gasteiger partial charge >= 0.3 is 414 Å². The molecule has 0 aromatic heterocycles. The number of ether oxygens (including phenoxy) is 6. The Hall–Kier alpha value is 10.0. The van der Waals surface area contributed by atoms with Crippen LogP contribution in [0.1, 0.15) is 19.3 Å². The molecule has 2 N–H and O–H groups in total. The Morgan fingerprint density at radius 3 is 0.635 bits per heavy atom. The summed E-state index contributed by atoms with van der Waals surface area (Å²) in [5.74, 6) is -1.89. The van der Waals surface area contributed by atoms with Gasteiger partial charge in [-0.25, -0.2) is 118 Å². The van der Waals surface area contributed by atoms with Crippen LogP contribution in [0.3, 0.4) is 0 Å². The van der Waals surface area contributed by atoms with Crippen molar-refractivity contribution in [3.8, 4) is 0 Å². The van der Waals surface area contributed by atoms with Crippen molar-refractivity contribution in [3.63, 3.8) is 0 Å². The molecule has 2 aromatic rings. The Kier molecular flexibility index (Phi) is 82.8. The summed E-state index contributed by atoms with van der Waals surface area (Å²) in [7, 11) is -89.9. The predicted molar refractivity (Wildman–Crippen MR) is 348 cm³/mol. The number of nitrogens with one attached hydrogen (secondary N) is 2. The van der Waals surface area contributed by atoms with Gasteiger partial charge in [0.25, 0.3) is 0 Å². The second-order valence-electron chi connectivity index (χ2n) is 23.1. The van der Waals surface area contributed by atoms with Crippen molar-refractivity contribution in [2.75, 3.05) is 37.1 Å². The largest absolute Gasteiger partial charge is 1.00 e. The number of hydrogen-bond donors (Lipinski definition) is 2. The van der Waals surface area contributed by atoms with E-state index in [1.54, 1.807) is 0 Å². The summed E-state index contributed by atoms with van der Waals surface area (Å²) >= 11 is 0.00417. The van der Waals surface area contributed by atoms with Crippen LogP contribution >= 0.6 is 23.5 Å². The third kappa shape index (κ3) is 66.1. The van der Waals surface area contributed by atoms with Crippen LogP contribution in [0, 0.1) is 0 Å². The maximum absolute atomic E-state index is 13.1. The van der Waals surface area contributed by atoms with E-state index in [0.29, 0.717) is 0 Å². The van der Waals surface area contributed by atoms with E-state index in [2.05, 4.69) is 69.2 Å². The molecular weight excluding hydrogens is 2380 g/mol. The fourth-order valence-electron chi connectivity index (χ4n) is 10.5. The summed E-state index contributed by atoms with van der Waals surface area (Å²) in [6.07, 6.45) is -61.3. The van der Waals surface area contributed by atoms with Gasteiger partial charge in [-0.1, -0.05) is 23.5 Å². The number of thioether (sulfide) groups is 2. The van der Waals surface area contributed by atoms with E-state index in [9.17, 15) is 191 Å². The molecule has 4 heterocycles. The van der Waals surface area contributed by atoms with Crippen LogP contribution in [0.4, 0.5) is 11.4 Å². The number of carbonyl (C=O) groups excluding carboxylic acids is 2. The molecule has 4 saturated heterocycles. The second-order valence-corrected chi connectivity index (χ2v) is 39.7. The molecule has 2 aromatic carbocycles. The Morgan fingerprint density at radius 1 is 0.248 bits per heavy atom. The summed E-state index contributed by atoms with van der Waals surface area (Å²) < 4.78 is 592. The molecule has 4 aliphatic heterocycles. The minimum absolute atomic E-state index is 0. The monoisotopic (exact) mass is 2420 g/mol. The SMILES string of the molecule is O=C(CCCC(=O)Nc1ccc(S[C@@H]2O[C@H](COS(=O)(=O)[O-])[C@@H](O[C@H]3O[C@H](COS(=O)(=O)[O-])[C@@H](OS(=O)(=O)[O-])[C@H](OS(=O)(=O)[O-])[C@H]3OS(=O)(=O)[O-])[C@H](OS(=O)(=O)[O-])[C@H]2OS(=O)(=O)[O-])cc1)Nc1ccc(S[C@@H]2O[C@H](COS(=O)(=O)[O-])[C@@H](O[C@H]3O[C@H](COS(=O)(=O)[O-])[C@@H](OS(=O)(=O)[O-])[C@H](OS(=O)(=O)[O-])[C@H]3OS(=O)(=O)[O-])[C@H](OS(=O)(=O)[O-])[C@H]2OS(=O)(=O)[O-])cc1.[Na+].[Na+].[Na+].[Na+].[Na+].[Na+].[Na+].[Na+].[Na+].[Na+].[Na+].[Na+].[Na+].[Na+]. The molecule has 0 radical (unpaired) electrons. The quantitative estimate of drug-likeness (QED) is 0.0353. The Morgan fingerprint density at radius 2 is 0.431 bits per heavy atom. The average molecular weight is 2420 g/mol. The molecule has 4 aliphatic rings. The van der Waals surface area contributed by atoms with E-state index in [1.165, 1.54) is 0 Å². The van der Waals surface area contributed by atoms with Crippen LogP contribution in [0.2, 0.25) is 0 Å². The Bertz CT molecular complexity index is 5500. The molecular formula is C41H44N2Na14O64S16. The Labute approximate surface area is 1100 Å². The average Bonchev–Trinajstić information content (AvgIpc) is 0.756. The molecule has 712 valence electrons. The van der Waals surface area contributed by atoms with E-state index in [4.69, 9.17) is 28.4 Å². The van der Waals surface area contributed by atoms with Crippen LogP contribution in [0.5, 0.6) is 0 Å². The smallest absolute Gasteiger partial charge is 0.726 e. The zero-order valence-electron chi connectivity index (χ0n) is 71.8. The van der Waals surface area contributed by atoms with E-state index >= 15 is 0 Å². The molecule has 96 heteroatoms. The third-order valence-corrected chi connectivity index (χ3v) is 22.9. The van der Waals surface area contributed by atoms with Crippen molar-refractivity contribution < 1.29 is 692 Å². The standard InChI is InChI=1S/C41H58N2O64S16.14Na/c44-24(42-16-4-8-18(9-5-16)108-40-36(106-122(82,83)84)30(100-116(64,65)66)26(20(94-40)12-88-110(46,47)48)96-38-34(104-120(76,77)78)32(102-118(70,71)72)28(98-114(58,59)60)22(92-38)14-90-112(52,53)54)2-1-3-25(45)43-17-6-10-19(11-7-17)109-41-37(107-123(85,86)87)31(101-117(67,68)69)27(21(95-41)13-89-111(49,50)51)97-39-35(105-121(79,80)81)33(103-119(73,74)75)29(99-115(61,62)63)23(93-39)15-91-113(55,56)57;;;;;;;;;;;;;;/h4-11,20-23,26-41H,1-3,12-15H2,(H,42,44)(H,43,45)(H,46,47,48)(H,49,50,51)(H,52,53,54)(H,55,56,57)(H,58,59,60)(H,61,62,63)(H,64,65,66)(H,67,68,69)(H,70,71,72)(H,73,74,75)(H,76,77,78)(H,79,80,81)(H,82,83,84)(H,85,86,87);;;;;;;;;;;;;;/q;14*+1/p-14/t20-,21-,22-,23-,26-,27-,28-,29-,30+,31+,32+,33+,34-,35-,36-,37-,38-,39-,40+,41+;;;;;;;;;;;;;;/m1............../s1. The number of benzene rings is 2. The fourth-order valence-corrected chi connectivity index (χ4v) is 18.9. The van der Waals surface area contributed by atoms with Crippen molar-refractivity contribution in [2.24, 2.45) is 0 Å². The van der Waals surface area contributed by atoms with Gasteiger partial charge in [-0.15, -0.1) is 0 Å². The summed E-state index contributed by atoms with van der Waals surface area (Å²) in [6.45, 7) is -8.24. The molecule has 20 atom stereocenters. The van der Waals surface area contributed by atoms with Gasteiger partial charge < -0.3 is 103 Å². The van der Waals surface area contributed by atoms with E-state index < -0.39 is 318 Å². The molecule has 6 rings (SSSR count). The van der Waals surface area contributed by atoms with Crippen molar-refractivity contribution in [2.45, 2.75) is 150 Å². The molecule has 0 bridgehead atoms. The summed E-state index contributed by atoms with van der Waals surface area (Å²) in [5.41, 5.74) is -5.58. The molecule has 0 saturated carbocycles. The number of anilines is 2. The van der Waals surface area contributed by atoms with Crippen LogP contribution in [-0.2, 0) is 242 Å². The first-order chi connectivity index (χ1) is 55.4. The van der Waals surface area contributed by atoms with Crippen LogP contribution in [-0.4, -0.2) is 341 Å². The normalized spacial score (nSPS) is 25.7. The molecule has 4 fully saturated rings. The fraction of sp³-hybridized carbons (Fsp3) is 0.659. The number of amides is 2. The zero-order chi connectivity index (χ0) is 93.6. The van der Waals surface area contributed by atoms with Crippen molar-refractivity contribution in [3.05, 3.63) is 48.5 Å². The molecule has 137 heavy (non-hydrogen) atoms. The summed E-state index contributed by atoms with van der Waals surface area (Å²) in [5, 5.41) is 4.60. The molecule has 0 spiro atoms. The maximum Gasteiger partial charge on any atom is 1.00 e. The van der Waals surface area contributed by atoms with Crippen molar-refractivity contribution in [1.29, 1.82) is 0 Å². The van der Waals surface area contributed by atoms with Gasteiger partial charge in [0.2, 0.25) is 157 Å². The number of carbonyl (C=O) groups is 2. The minimum atomic E-state index is -6.62. The van der Waals surface area contributed by atoms with Crippen molar-refractivity contribution in [1.82, 2.24) is 0 Å². The summed E-state index contributed by atoms with van der Waals surface area (Å²) in [4.78, 5) is 25.5. The van der Waals surface area contributed by atoms with Gasteiger partial charge in [0.05, 0.1) is 26.4 Å². The van der Waals surface area contributed by atoms with E-state index in [-0.39, 0.29) is 465 Å². The topological polar surface area (TPSA) is 1040 Å². The second kappa shape index (κ2) is 69.0. The van der Waals surface area contributed by atoms with Gasteiger partial charge in [-0.3, -0.25) is 68.2 Å². The Balaban J connectivity index is -0.00000167. The van der Waals surface area contributed by atoms with Crippen LogP contribution in [0.15, 0.2) is 58.3 Å². The van der Waals surface area contributed by atoms with Crippen LogP contribution < -0.4 is 424 Å². The minimum Gasteiger partial charge on any atom is -0.726 e. The van der Waals surface area contributed by atoms with Gasteiger partial charge in [0.1, 0.15) is 96.3 Å². The first-order valence-electron chi connectivity index (χ1n) is 30.3. The molecule has 2 amide bonds. The first-order valence-corrected chi connectivity index (χ1v) is 50.7. The molecule has 0 unspecified atom stereocenters.